The maximum absolute atomic E-state index is 13.0. The summed E-state index contributed by atoms with van der Waals surface area (Å²) < 4.78 is 11.3. The van der Waals surface area contributed by atoms with Gasteiger partial charge < -0.3 is 9.47 Å². The van der Waals surface area contributed by atoms with Crippen molar-refractivity contribution in [3.8, 4) is 11.5 Å². The second-order valence-electron chi connectivity index (χ2n) is 7.82. The van der Waals surface area contributed by atoms with Gasteiger partial charge in [-0.05, 0) is 67.2 Å². The first-order valence-corrected chi connectivity index (χ1v) is 10.4. The molecule has 2 aromatic carbocycles. The van der Waals surface area contributed by atoms with E-state index in [4.69, 9.17) is 9.47 Å². The van der Waals surface area contributed by atoms with Crippen molar-refractivity contribution in [2.24, 2.45) is 11.0 Å². The Morgan fingerprint density at radius 3 is 2.47 bits per heavy atom. The number of nitrogens with zero attached hydrogens (tertiary/aromatic N) is 2. The summed E-state index contributed by atoms with van der Waals surface area (Å²) in [6.07, 6.45) is 3.79. The molecule has 1 aliphatic heterocycles. The predicted molar refractivity (Wildman–Crippen MR) is 122 cm³/mol. The van der Waals surface area contributed by atoms with Gasteiger partial charge in [-0.3, -0.25) is 4.79 Å². The number of aryl methyl sites for hydroxylation is 1. The Morgan fingerprint density at radius 2 is 1.83 bits per heavy atom. The molecule has 0 saturated heterocycles. The molecule has 1 amide bonds. The lowest BCUT2D eigenvalue weighted by molar-refractivity contribution is -0.114. The van der Waals surface area contributed by atoms with E-state index in [1.54, 1.807) is 7.11 Å². The van der Waals surface area contributed by atoms with Crippen molar-refractivity contribution >= 4 is 23.4 Å². The summed E-state index contributed by atoms with van der Waals surface area (Å²) in [6.45, 7) is 8.93. The second-order valence-corrected chi connectivity index (χ2v) is 7.82. The van der Waals surface area contributed by atoms with Gasteiger partial charge in [0.1, 0.15) is 0 Å². The molecule has 0 aromatic heterocycles. The molecule has 0 spiro atoms. The average molecular weight is 407 g/mol. The predicted octanol–water partition coefficient (Wildman–Crippen LogP) is 5.49. The lowest BCUT2D eigenvalue weighted by Gasteiger charge is -2.13. The average Bonchev–Trinajstić information content (AvgIpc) is 3.02. The van der Waals surface area contributed by atoms with Crippen molar-refractivity contribution < 1.29 is 14.3 Å². The number of rotatable bonds is 8. The highest BCUT2D eigenvalue weighted by atomic mass is 16.5. The molecule has 1 aliphatic rings. The normalized spacial score (nSPS) is 15.1. The van der Waals surface area contributed by atoms with Crippen molar-refractivity contribution in [2.45, 2.75) is 40.5 Å². The van der Waals surface area contributed by atoms with E-state index in [1.165, 1.54) is 10.6 Å². The van der Waals surface area contributed by atoms with Crippen LogP contribution in [0.3, 0.4) is 0 Å². The molecule has 0 aliphatic carbocycles. The minimum Gasteiger partial charge on any atom is -0.493 e. The quantitative estimate of drug-likeness (QED) is 0.545. The van der Waals surface area contributed by atoms with E-state index in [0.29, 0.717) is 35.3 Å². The van der Waals surface area contributed by atoms with Crippen LogP contribution in [0.4, 0.5) is 5.69 Å². The topological polar surface area (TPSA) is 51.1 Å². The molecule has 0 N–H and O–H groups in total. The number of anilines is 1. The molecule has 30 heavy (non-hydrogen) atoms. The molecule has 0 bridgehead atoms. The van der Waals surface area contributed by atoms with Gasteiger partial charge in [0.05, 0.1) is 30.7 Å². The lowest BCUT2D eigenvalue weighted by atomic mass is 10.1. The van der Waals surface area contributed by atoms with Crippen molar-refractivity contribution in [3.05, 3.63) is 59.2 Å². The van der Waals surface area contributed by atoms with Gasteiger partial charge in [-0.1, -0.05) is 39.0 Å². The Hall–Kier alpha value is -3.08. The standard InChI is InChI=1S/C25H30N2O3/c1-6-19-7-10-21(11-8-19)27-25(28)22(18(4)26-27)15-20-9-12-23(24(16-20)29-5)30-14-13-17(2)3/h7-12,15-17H,6,13-14H2,1-5H3. The van der Waals surface area contributed by atoms with Crippen LogP contribution in [0.2, 0.25) is 0 Å². The molecule has 0 unspecified atom stereocenters. The van der Waals surface area contributed by atoms with Crippen LogP contribution in [-0.2, 0) is 11.2 Å². The molecule has 1 heterocycles. The zero-order valence-corrected chi connectivity index (χ0v) is 18.4. The zero-order valence-electron chi connectivity index (χ0n) is 18.4. The number of amides is 1. The zero-order chi connectivity index (χ0) is 21.7. The molecule has 158 valence electrons. The van der Waals surface area contributed by atoms with Gasteiger partial charge in [-0.15, -0.1) is 0 Å². The smallest absolute Gasteiger partial charge is 0.280 e. The second kappa shape index (κ2) is 9.61. The van der Waals surface area contributed by atoms with Gasteiger partial charge in [-0.2, -0.15) is 10.1 Å². The molecule has 0 radical (unpaired) electrons. The van der Waals surface area contributed by atoms with Crippen LogP contribution in [-0.4, -0.2) is 25.3 Å². The number of hydrazone groups is 1. The lowest BCUT2D eigenvalue weighted by Crippen LogP contribution is -2.21. The third-order valence-electron chi connectivity index (χ3n) is 5.10. The van der Waals surface area contributed by atoms with E-state index >= 15 is 0 Å². The van der Waals surface area contributed by atoms with Crippen molar-refractivity contribution in [1.82, 2.24) is 0 Å². The van der Waals surface area contributed by atoms with Crippen molar-refractivity contribution in [1.29, 1.82) is 0 Å². The molecule has 0 atom stereocenters. The van der Waals surface area contributed by atoms with Crippen LogP contribution < -0.4 is 14.5 Å². The van der Waals surface area contributed by atoms with Crippen LogP contribution in [0.5, 0.6) is 11.5 Å². The number of hydrogen-bond acceptors (Lipinski definition) is 4. The summed E-state index contributed by atoms with van der Waals surface area (Å²) in [5.74, 6) is 1.81. The fourth-order valence-corrected chi connectivity index (χ4v) is 3.20. The van der Waals surface area contributed by atoms with E-state index in [-0.39, 0.29) is 5.91 Å². The van der Waals surface area contributed by atoms with Crippen LogP contribution in [0.15, 0.2) is 53.1 Å². The monoisotopic (exact) mass is 406 g/mol. The van der Waals surface area contributed by atoms with E-state index in [1.807, 2.05) is 55.5 Å². The fourth-order valence-electron chi connectivity index (χ4n) is 3.20. The molecule has 0 fully saturated rings. The van der Waals surface area contributed by atoms with E-state index in [2.05, 4.69) is 25.9 Å². The van der Waals surface area contributed by atoms with E-state index in [9.17, 15) is 4.79 Å². The Labute approximate surface area is 179 Å². The third-order valence-corrected chi connectivity index (χ3v) is 5.10. The SMILES string of the molecule is CCc1ccc(N2N=C(C)C(=Cc3ccc(OCCC(C)C)c(OC)c3)C2=O)cc1. The number of carbonyl (C=O) groups excluding carboxylic acids is 1. The van der Waals surface area contributed by atoms with Crippen LogP contribution >= 0.6 is 0 Å². The van der Waals surface area contributed by atoms with Gasteiger partial charge in [0.2, 0.25) is 0 Å². The maximum atomic E-state index is 13.0. The highest BCUT2D eigenvalue weighted by molar-refractivity contribution is 6.32. The first-order valence-electron chi connectivity index (χ1n) is 10.4. The number of benzene rings is 2. The molecule has 2 aromatic rings. The molecule has 3 rings (SSSR count). The first kappa shape index (κ1) is 21.6. The number of ether oxygens (including phenoxy) is 2. The third kappa shape index (κ3) is 4.90. The maximum Gasteiger partial charge on any atom is 0.280 e. The summed E-state index contributed by atoms with van der Waals surface area (Å²) in [4.78, 5) is 13.0. The van der Waals surface area contributed by atoms with Crippen LogP contribution in [0.25, 0.3) is 6.08 Å². The summed E-state index contributed by atoms with van der Waals surface area (Å²) >= 11 is 0. The highest BCUT2D eigenvalue weighted by Gasteiger charge is 2.28. The van der Waals surface area contributed by atoms with E-state index < -0.39 is 0 Å². The van der Waals surface area contributed by atoms with Gasteiger partial charge in [0.15, 0.2) is 11.5 Å². The Bertz CT molecular complexity index is 959. The van der Waals surface area contributed by atoms with Crippen molar-refractivity contribution in [2.75, 3.05) is 18.7 Å². The number of carbonyl (C=O) groups is 1. The van der Waals surface area contributed by atoms with Crippen LogP contribution in [0, 0.1) is 5.92 Å². The molecular weight excluding hydrogens is 376 g/mol. The summed E-state index contributed by atoms with van der Waals surface area (Å²) in [5, 5.41) is 5.93. The molecule has 0 saturated carbocycles. The Morgan fingerprint density at radius 1 is 1.10 bits per heavy atom. The van der Waals surface area contributed by atoms with Gasteiger partial charge in [0.25, 0.3) is 5.91 Å². The molecular formula is C25H30N2O3. The van der Waals surface area contributed by atoms with Gasteiger partial charge >= 0.3 is 0 Å². The summed E-state index contributed by atoms with van der Waals surface area (Å²) in [5.41, 5.74) is 4.13. The Balaban J connectivity index is 1.80. The Kier molecular flexibility index (Phi) is 6.93. The first-order chi connectivity index (χ1) is 14.4. The summed E-state index contributed by atoms with van der Waals surface area (Å²) in [6, 6.07) is 13.6. The number of methoxy groups -OCH3 is 1. The molecule has 5 nitrogen and oxygen atoms in total. The van der Waals surface area contributed by atoms with Gasteiger partial charge in [-0.25, -0.2) is 0 Å². The summed E-state index contributed by atoms with van der Waals surface area (Å²) in [7, 11) is 1.62. The van der Waals surface area contributed by atoms with Crippen molar-refractivity contribution in [3.63, 3.8) is 0 Å². The minimum absolute atomic E-state index is 0.132. The molecule has 5 heteroatoms. The largest absolute Gasteiger partial charge is 0.493 e. The minimum atomic E-state index is -0.132. The van der Waals surface area contributed by atoms with Gasteiger partial charge in [0, 0.05) is 0 Å². The number of hydrogen-bond donors (Lipinski definition) is 0. The fraction of sp³-hybridized carbons (Fsp3) is 0.360. The highest BCUT2D eigenvalue weighted by Crippen LogP contribution is 2.31. The van der Waals surface area contributed by atoms with E-state index in [0.717, 1.165) is 24.1 Å². The van der Waals surface area contributed by atoms with Crippen LogP contribution in [0.1, 0.15) is 45.2 Å².